The van der Waals surface area contributed by atoms with Crippen molar-refractivity contribution in [2.45, 2.75) is 13.8 Å². The molecule has 4 nitrogen and oxygen atoms in total. The lowest BCUT2D eigenvalue weighted by Gasteiger charge is -2.09. The standard InChI is InChI=1S/C20H14O4S2/c1-11-7-9-26-17(11)10-15-18(21)13-5-6-14(12(2)19(13)23-15)24-20(22)16-4-3-8-25-16/h3-10H,1-2H3/b15-10-. The maximum absolute atomic E-state index is 12.6. The first kappa shape index (κ1) is 16.8. The molecule has 6 heteroatoms. The molecule has 0 saturated carbocycles. The summed E-state index contributed by atoms with van der Waals surface area (Å²) >= 11 is 2.87. The van der Waals surface area contributed by atoms with Crippen LogP contribution >= 0.6 is 22.7 Å². The number of fused-ring (bicyclic) bond motifs is 1. The summed E-state index contributed by atoms with van der Waals surface area (Å²) in [5.74, 6) is 0.551. The summed E-state index contributed by atoms with van der Waals surface area (Å²) < 4.78 is 11.3. The van der Waals surface area contributed by atoms with Crippen LogP contribution in [0.15, 0.2) is 46.9 Å². The second-order valence-corrected chi connectivity index (χ2v) is 7.74. The summed E-state index contributed by atoms with van der Waals surface area (Å²) in [5.41, 5.74) is 2.21. The van der Waals surface area contributed by atoms with Crippen LogP contribution in [-0.2, 0) is 0 Å². The number of allylic oxidation sites excluding steroid dienone is 1. The molecular formula is C20H14O4S2. The summed E-state index contributed by atoms with van der Waals surface area (Å²) in [6.07, 6.45) is 1.76. The van der Waals surface area contributed by atoms with Crippen LogP contribution in [0.4, 0.5) is 0 Å². The van der Waals surface area contributed by atoms with Gasteiger partial charge in [0, 0.05) is 16.5 Å². The average Bonchev–Trinajstić information content (AvgIpc) is 3.34. The molecule has 0 fully saturated rings. The normalized spacial score (nSPS) is 14.4. The molecule has 4 rings (SSSR count). The predicted molar refractivity (Wildman–Crippen MR) is 102 cm³/mol. The van der Waals surface area contributed by atoms with Crippen LogP contribution in [0, 0.1) is 13.8 Å². The second-order valence-electron chi connectivity index (χ2n) is 5.84. The number of rotatable bonds is 3. The molecule has 130 valence electrons. The van der Waals surface area contributed by atoms with Gasteiger partial charge in [-0.25, -0.2) is 4.79 Å². The Morgan fingerprint density at radius 1 is 1.12 bits per heavy atom. The van der Waals surface area contributed by atoms with Crippen molar-refractivity contribution in [3.05, 3.63) is 73.3 Å². The molecule has 0 radical (unpaired) electrons. The molecule has 0 saturated heterocycles. The van der Waals surface area contributed by atoms with Crippen LogP contribution < -0.4 is 9.47 Å². The van der Waals surface area contributed by atoms with Crippen LogP contribution in [0.1, 0.15) is 36.0 Å². The minimum absolute atomic E-state index is 0.160. The monoisotopic (exact) mass is 382 g/mol. The zero-order valence-electron chi connectivity index (χ0n) is 14.1. The summed E-state index contributed by atoms with van der Waals surface area (Å²) in [6, 6.07) is 8.78. The highest BCUT2D eigenvalue weighted by Gasteiger charge is 2.30. The van der Waals surface area contributed by atoms with E-state index in [1.54, 1.807) is 48.6 Å². The maximum Gasteiger partial charge on any atom is 0.353 e. The first-order valence-corrected chi connectivity index (χ1v) is 9.68. The van der Waals surface area contributed by atoms with Gasteiger partial charge < -0.3 is 9.47 Å². The third-order valence-corrected chi connectivity index (χ3v) is 5.94. The molecule has 3 aromatic rings. The number of carbonyl (C=O) groups is 2. The molecular weight excluding hydrogens is 368 g/mol. The Balaban J connectivity index is 1.65. The first-order chi connectivity index (χ1) is 12.5. The minimum atomic E-state index is -0.419. The Labute approximate surface area is 158 Å². The third-order valence-electron chi connectivity index (χ3n) is 4.13. The lowest BCUT2D eigenvalue weighted by molar-refractivity contribution is 0.0738. The van der Waals surface area contributed by atoms with E-state index in [2.05, 4.69) is 0 Å². The number of benzene rings is 1. The summed E-state index contributed by atoms with van der Waals surface area (Å²) in [7, 11) is 0. The lowest BCUT2D eigenvalue weighted by Crippen LogP contribution is -2.07. The fourth-order valence-corrected chi connectivity index (χ4v) is 4.12. The molecule has 26 heavy (non-hydrogen) atoms. The van der Waals surface area contributed by atoms with Gasteiger partial charge in [-0.3, -0.25) is 4.79 Å². The Bertz CT molecular complexity index is 1040. The quantitative estimate of drug-likeness (QED) is 0.352. The highest BCUT2D eigenvalue weighted by Crippen LogP contribution is 2.40. The van der Waals surface area contributed by atoms with E-state index in [0.717, 1.165) is 10.4 Å². The second kappa shape index (κ2) is 6.55. The van der Waals surface area contributed by atoms with Gasteiger partial charge in [0.2, 0.25) is 5.78 Å². The van der Waals surface area contributed by atoms with Crippen LogP contribution in [0.25, 0.3) is 6.08 Å². The van der Waals surface area contributed by atoms with Crippen LogP contribution in [0.5, 0.6) is 11.5 Å². The summed E-state index contributed by atoms with van der Waals surface area (Å²) in [6.45, 7) is 3.77. The summed E-state index contributed by atoms with van der Waals surface area (Å²) in [4.78, 5) is 26.3. The van der Waals surface area contributed by atoms with Crippen molar-refractivity contribution in [1.29, 1.82) is 0 Å². The van der Waals surface area contributed by atoms with E-state index in [0.29, 0.717) is 27.5 Å². The zero-order valence-corrected chi connectivity index (χ0v) is 15.7. The fourth-order valence-electron chi connectivity index (χ4n) is 2.67. The zero-order chi connectivity index (χ0) is 18.3. The molecule has 1 aromatic carbocycles. The number of thiophene rings is 2. The molecule has 1 aliphatic heterocycles. The van der Waals surface area contributed by atoms with Crippen molar-refractivity contribution in [2.24, 2.45) is 0 Å². The van der Waals surface area contributed by atoms with Gasteiger partial charge in [-0.15, -0.1) is 22.7 Å². The Morgan fingerprint density at radius 3 is 2.65 bits per heavy atom. The average molecular weight is 382 g/mol. The molecule has 0 spiro atoms. The van der Waals surface area contributed by atoms with Gasteiger partial charge >= 0.3 is 5.97 Å². The van der Waals surface area contributed by atoms with E-state index in [1.807, 2.05) is 23.8 Å². The number of aryl methyl sites for hydroxylation is 1. The lowest BCUT2D eigenvalue weighted by atomic mass is 10.1. The topological polar surface area (TPSA) is 52.6 Å². The van der Waals surface area contributed by atoms with Gasteiger partial charge in [0.1, 0.15) is 16.4 Å². The fraction of sp³-hybridized carbons (Fsp3) is 0.100. The maximum atomic E-state index is 12.6. The summed E-state index contributed by atoms with van der Waals surface area (Å²) in [5, 5.41) is 3.79. The van der Waals surface area contributed by atoms with Gasteiger partial charge in [0.15, 0.2) is 5.76 Å². The van der Waals surface area contributed by atoms with Gasteiger partial charge in [-0.2, -0.15) is 0 Å². The van der Waals surface area contributed by atoms with E-state index in [9.17, 15) is 9.59 Å². The minimum Gasteiger partial charge on any atom is -0.452 e. The van der Waals surface area contributed by atoms with Crippen molar-refractivity contribution in [3.8, 4) is 11.5 Å². The van der Waals surface area contributed by atoms with E-state index < -0.39 is 5.97 Å². The molecule has 0 atom stereocenters. The van der Waals surface area contributed by atoms with Crippen molar-refractivity contribution in [2.75, 3.05) is 0 Å². The van der Waals surface area contributed by atoms with Crippen LogP contribution in [-0.4, -0.2) is 11.8 Å². The van der Waals surface area contributed by atoms with E-state index in [4.69, 9.17) is 9.47 Å². The number of hydrogen-bond donors (Lipinski definition) is 0. The number of ether oxygens (including phenoxy) is 2. The third kappa shape index (κ3) is 2.87. The highest BCUT2D eigenvalue weighted by molar-refractivity contribution is 7.12. The largest absolute Gasteiger partial charge is 0.452 e. The van der Waals surface area contributed by atoms with E-state index in [-0.39, 0.29) is 11.5 Å². The Kier molecular flexibility index (Phi) is 4.22. The molecule has 0 N–H and O–H groups in total. The van der Waals surface area contributed by atoms with Gasteiger partial charge in [0.25, 0.3) is 0 Å². The number of carbonyl (C=O) groups excluding carboxylic acids is 2. The van der Waals surface area contributed by atoms with Gasteiger partial charge in [-0.05, 0) is 54.4 Å². The van der Waals surface area contributed by atoms with Crippen molar-refractivity contribution >= 4 is 40.5 Å². The SMILES string of the molecule is Cc1ccsc1/C=C1\Oc2c(ccc(OC(=O)c3cccs3)c2C)C1=O. The molecule has 3 heterocycles. The van der Waals surface area contributed by atoms with E-state index in [1.165, 1.54) is 11.3 Å². The Hall–Kier alpha value is -2.70. The molecule has 0 aliphatic carbocycles. The molecule has 1 aliphatic rings. The van der Waals surface area contributed by atoms with Crippen molar-refractivity contribution < 1.29 is 19.1 Å². The highest BCUT2D eigenvalue weighted by atomic mass is 32.1. The number of Topliss-reactive ketones (excluding diaryl/α,β-unsaturated/α-hetero) is 1. The van der Waals surface area contributed by atoms with Crippen LogP contribution in [0.3, 0.4) is 0 Å². The van der Waals surface area contributed by atoms with Crippen molar-refractivity contribution in [3.63, 3.8) is 0 Å². The number of hydrogen-bond acceptors (Lipinski definition) is 6. The number of ketones is 1. The molecule has 0 bridgehead atoms. The predicted octanol–water partition coefficient (Wildman–Crippen LogP) is 5.26. The van der Waals surface area contributed by atoms with Crippen molar-refractivity contribution in [1.82, 2.24) is 0 Å². The molecule has 0 amide bonds. The molecule has 0 unspecified atom stereocenters. The first-order valence-electron chi connectivity index (χ1n) is 7.92. The number of esters is 1. The van der Waals surface area contributed by atoms with Gasteiger partial charge in [-0.1, -0.05) is 6.07 Å². The smallest absolute Gasteiger partial charge is 0.353 e. The molecule has 2 aromatic heterocycles. The van der Waals surface area contributed by atoms with E-state index >= 15 is 0 Å². The Morgan fingerprint density at radius 2 is 1.96 bits per heavy atom. The van der Waals surface area contributed by atoms with Crippen LogP contribution in [0.2, 0.25) is 0 Å². The van der Waals surface area contributed by atoms with Gasteiger partial charge in [0.05, 0.1) is 5.56 Å².